The first-order valence-corrected chi connectivity index (χ1v) is 11.7. The van der Waals surface area contributed by atoms with Gasteiger partial charge in [0.15, 0.2) is 0 Å². The largest absolute Gasteiger partial charge is 0.377 e. The van der Waals surface area contributed by atoms with Crippen molar-refractivity contribution in [3.63, 3.8) is 0 Å². The fourth-order valence-electron chi connectivity index (χ4n) is 3.89. The molecule has 2 aliphatic rings. The van der Waals surface area contributed by atoms with Crippen LogP contribution in [-0.2, 0) is 19.6 Å². The Morgan fingerprint density at radius 3 is 2.46 bits per heavy atom. The molecule has 0 spiro atoms. The quantitative estimate of drug-likeness (QED) is 0.753. The van der Waals surface area contributed by atoms with Gasteiger partial charge in [-0.25, -0.2) is 13.1 Å². The molecule has 1 heterocycles. The highest BCUT2D eigenvalue weighted by atomic mass is 32.2. The van der Waals surface area contributed by atoms with Crippen molar-refractivity contribution in [2.45, 2.75) is 51.6 Å². The molecule has 156 valence electrons. The SMILES string of the molecule is CC1CCC(NS(=O)(=O)CC(=O)Nc2ccc(N3CCOCC3C)cc2)CC1. The van der Waals surface area contributed by atoms with Crippen LogP contribution in [0, 0.1) is 5.92 Å². The minimum atomic E-state index is -3.63. The van der Waals surface area contributed by atoms with Gasteiger partial charge < -0.3 is 15.0 Å². The predicted octanol–water partition coefficient (Wildman–Crippen LogP) is 2.35. The zero-order valence-electron chi connectivity index (χ0n) is 16.7. The molecule has 1 aromatic rings. The van der Waals surface area contributed by atoms with Crippen LogP contribution in [0.15, 0.2) is 24.3 Å². The lowest BCUT2D eigenvalue weighted by molar-refractivity contribution is -0.113. The molecule has 1 aromatic carbocycles. The van der Waals surface area contributed by atoms with Gasteiger partial charge in [0.25, 0.3) is 0 Å². The van der Waals surface area contributed by atoms with Crippen LogP contribution in [0.3, 0.4) is 0 Å². The van der Waals surface area contributed by atoms with Gasteiger partial charge in [-0.15, -0.1) is 0 Å². The number of hydrogen-bond acceptors (Lipinski definition) is 5. The number of sulfonamides is 1. The van der Waals surface area contributed by atoms with E-state index in [1.807, 2.05) is 12.1 Å². The van der Waals surface area contributed by atoms with Crippen LogP contribution in [0.2, 0.25) is 0 Å². The van der Waals surface area contributed by atoms with Crippen molar-refractivity contribution in [2.24, 2.45) is 5.92 Å². The van der Waals surface area contributed by atoms with E-state index in [1.54, 1.807) is 12.1 Å². The van der Waals surface area contributed by atoms with Crippen LogP contribution in [0.25, 0.3) is 0 Å². The maximum absolute atomic E-state index is 12.3. The van der Waals surface area contributed by atoms with Crippen molar-refractivity contribution >= 4 is 27.3 Å². The summed E-state index contributed by atoms with van der Waals surface area (Å²) in [5.74, 6) is -0.432. The van der Waals surface area contributed by atoms with Crippen LogP contribution < -0.4 is 14.9 Å². The maximum atomic E-state index is 12.3. The number of amides is 1. The lowest BCUT2D eigenvalue weighted by Gasteiger charge is -2.35. The molecule has 1 unspecified atom stereocenters. The molecule has 0 aromatic heterocycles. The minimum Gasteiger partial charge on any atom is -0.377 e. The summed E-state index contributed by atoms with van der Waals surface area (Å²) < 4.78 is 32.7. The van der Waals surface area contributed by atoms with Crippen LogP contribution in [0.1, 0.15) is 39.5 Å². The number of morpholine rings is 1. The van der Waals surface area contributed by atoms with Crippen molar-refractivity contribution in [2.75, 3.05) is 35.7 Å². The highest BCUT2D eigenvalue weighted by Crippen LogP contribution is 2.24. The van der Waals surface area contributed by atoms with Gasteiger partial charge in [-0.1, -0.05) is 6.92 Å². The van der Waals surface area contributed by atoms with Gasteiger partial charge in [0.2, 0.25) is 15.9 Å². The molecule has 1 saturated carbocycles. The summed E-state index contributed by atoms with van der Waals surface area (Å²) in [6.45, 7) is 6.52. The van der Waals surface area contributed by atoms with Crippen molar-refractivity contribution in [1.82, 2.24) is 4.72 Å². The molecule has 1 atom stereocenters. The van der Waals surface area contributed by atoms with E-state index in [0.717, 1.165) is 37.9 Å². The first kappa shape index (κ1) is 21.1. The molecule has 2 fully saturated rings. The van der Waals surface area contributed by atoms with E-state index in [2.05, 4.69) is 28.8 Å². The van der Waals surface area contributed by atoms with Gasteiger partial charge in [-0.05, 0) is 62.8 Å². The number of carbonyl (C=O) groups excluding carboxylic acids is 1. The Labute approximate surface area is 167 Å². The van der Waals surface area contributed by atoms with Gasteiger partial charge in [0.05, 0.1) is 13.2 Å². The topological polar surface area (TPSA) is 87.7 Å². The molecule has 1 aliphatic carbocycles. The van der Waals surface area contributed by atoms with E-state index in [1.165, 1.54) is 0 Å². The summed E-state index contributed by atoms with van der Waals surface area (Å²) in [7, 11) is -3.63. The van der Waals surface area contributed by atoms with Crippen LogP contribution in [0.5, 0.6) is 0 Å². The number of carbonyl (C=O) groups is 1. The number of hydrogen-bond donors (Lipinski definition) is 2. The Balaban J connectivity index is 1.51. The van der Waals surface area contributed by atoms with Crippen LogP contribution >= 0.6 is 0 Å². The third kappa shape index (κ3) is 5.93. The molecule has 8 heteroatoms. The summed E-state index contributed by atoms with van der Waals surface area (Å²) in [6, 6.07) is 7.73. The molecule has 1 saturated heterocycles. The average molecular weight is 410 g/mol. The van der Waals surface area contributed by atoms with Crippen LogP contribution in [0.4, 0.5) is 11.4 Å². The Morgan fingerprint density at radius 2 is 1.82 bits per heavy atom. The normalized spacial score (nSPS) is 26.1. The second-order valence-electron chi connectivity index (χ2n) is 8.05. The van der Waals surface area contributed by atoms with Gasteiger partial charge >= 0.3 is 0 Å². The summed E-state index contributed by atoms with van der Waals surface area (Å²) in [4.78, 5) is 14.5. The maximum Gasteiger partial charge on any atom is 0.240 e. The number of anilines is 2. The summed E-state index contributed by atoms with van der Waals surface area (Å²) in [5.41, 5.74) is 1.66. The van der Waals surface area contributed by atoms with Gasteiger partial charge in [0.1, 0.15) is 5.75 Å². The lowest BCUT2D eigenvalue weighted by Crippen LogP contribution is -2.43. The highest BCUT2D eigenvalue weighted by Gasteiger charge is 2.25. The first-order valence-electron chi connectivity index (χ1n) is 10.1. The number of nitrogens with zero attached hydrogens (tertiary/aromatic N) is 1. The van der Waals surface area contributed by atoms with Crippen molar-refractivity contribution in [3.05, 3.63) is 24.3 Å². The van der Waals surface area contributed by atoms with E-state index in [9.17, 15) is 13.2 Å². The summed E-state index contributed by atoms with van der Waals surface area (Å²) >= 11 is 0. The molecule has 7 nitrogen and oxygen atoms in total. The molecule has 0 radical (unpaired) electrons. The van der Waals surface area contributed by atoms with Gasteiger partial charge in [0, 0.05) is 30.0 Å². The molecule has 1 aliphatic heterocycles. The second-order valence-corrected chi connectivity index (χ2v) is 9.80. The Hall–Kier alpha value is -1.64. The Morgan fingerprint density at radius 1 is 1.14 bits per heavy atom. The van der Waals surface area contributed by atoms with E-state index < -0.39 is 21.7 Å². The third-order valence-electron chi connectivity index (χ3n) is 5.53. The monoisotopic (exact) mass is 409 g/mol. The number of rotatable bonds is 6. The average Bonchev–Trinajstić information content (AvgIpc) is 2.64. The lowest BCUT2D eigenvalue weighted by atomic mass is 9.88. The number of ether oxygens (including phenoxy) is 1. The Bertz CT molecular complexity index is 758. The van der Waals surface area contributed by atoms with E-state index in [0.29, 0.717) is 30.9 Å². The van der Waals surface area contributed by atoms with Crippen molar-refractivity contribution < 1.29 is 17.9 Å². The van der Waals surface area contributed by atoms with Crippen LogP contribution in [-0.4, -0.2) is 51.9 Å². The standard InChI is InChI=1S/C20H31N3O4S/c1-15-3-5-18(6-4-15)22-28(25,26)14-20(24)21-17-7-9-19(10-8-17)23-11-12-27-13-16(23)2/h7-10,15-16,18,22H,3-6,11-14H2,1-2H3,(H,21,24). The molecular weight excluding hydrogens is 378 g/mol. The molecule has 2 N–H and O–H groups in total. The van der Waals surface area contributed by atoms with Crippen molar-refractivity contribution in [3.8, 4) is 0 Å². The van der Waals surface area contributed by atoms with E-state index in [-0.39, 0.29) is 6.04 Å². The predicted molar refractivity (Wildman–Crippen MR) is 111 cm³/mol. The third-order valence-corrected chi connectivity index (χ3v) is 6.87. The zero-order chi connectivity index (χ0) is 20.1. The highest BCUT2D eigenvalue weighted by molar-refractivity contribution is 7.90. The molecule has 28 heavy (non-hydrogen) atoms. The fraction of sp³-hybridized carbons (Fsp3) is 0.650. The Kier molecular flexibility index (Phi) is 6.95. The fourth-order valence-corrected chi connectivity index (χ4v) is 5.13. The molecule has 0 bridgehead atoms. The first-order chi connectivity index (χ1) is 13.3. The summed E-state index contributed by atoms with van der Waals surface area (Å²) in [6.07, 6.45) is 3.72. The molecule has 3 rings (SSSR count). The number of nitrogens with one attached hydrogen (secondary N) is 2. The van der Waals surface area contributed by atoms with Crippen molar-refractivity contribution in [1.29, 1.82) is 0 Å². The van der Waals surface area contributed by atoms with Gasteiger partial charge in [-0.3, -0.25) is 4.79 Å². The van der Waals surface area contributed by atoms with E-state index >= 15 is 0 Å². The molecule has 1 amide bonds. The van der Waals surface area contributed by atoms with E-state index in [4.69, 9.17) is 4.74 Å². The minimum absolute atomic E-state index is 0.0520. The zero-order valence-corrected chi connectivity index (χ0v) is 17.5. The molecular formula is C20H31N3O4S. The summed E-state index contributed by atoms with van der Waals surface area (Å²) in [5, 5.41) is 2.68. The number of benzene rings is 1. The van der Waals surface area contributed by atoms with Gasteiger partial charge in [-0.2, -0.15) is 0 Å². The second kappa shape index (κ2) is 9.24. The smallest absolute Gasteiger partial charge is 0.240 e.